The van der Waals surface area contributed by atoms with Gasteiger partial charge in [0.2, 0.25) is 0 Å². The number of nitrogens with one attached hydrogen (secondary N) is 1. The predicted octanol–water partition coefficient (Wildman–Crippen LogP) is 2.20. The summed E-state index contributed by atoms with van der Waals surface area (Å²) in [6.07, 6.45) is 2.27. The van der Waals surface area contributed by atoms with Crippen molar-refractivity contribution in [3.05, 3.63) is 45.4 Å². The largest absolute Gasteiger partial charge is 0.352 e. The topological polar surface area (TPSA) is 59.8 Å². The fourth-order valence-electron chi connectivity index (χ4n) is 1.56. The van der Waals surface area contributed by atoms with E-state index in [9.17, 15) is 4.79 Å². The van der Waals surface area contributed by atoms with Crippen molar-refractivity contribution in [1.29, 1.82) is 0 Å². The van der Waals surface area contributed by atoms with E-state index in [1.165, 1.54) is 0 Å². The summed E-state index contributed by atoms with van der Waals surface area (Å²) < 4.78 is 2.53. The molecule has 0 aliphatic heterocycles. The van der Waals surface area contributed by atoms with Crippen molar-refractivity contribution in [2.75, 3.05) is 6.54 Å². The van der Waals surface area contributed by atoms with Crippen LogP contribution < -0.4 is 5.32 Å². The van der Waals surface area contributed by atoms with Crippen LogP contribution in [0.3, 0.4) is 0 Å². The Bertz CT molecular complexity index is 599. The molecule has 2 rings (SSSR count). The molecule has 0 aliphatic carbocycles. The number of rotatable bonds is 4. The van der Waals surface area contributed by atoms with Gasteiger partial charge in [-0.3, -0.25) is 4.79 Å². The van der Waals surface area contributed by atoms with Crippen molar-refractivity contribution in [2.45, 2.75) is 6.42 Å². The molecule has 7 heteroatoms. The van der Waals surface area contributed by atoms with Crippen molar-refractivity contribution in [1.82, 2.24) is 20.1 Å². The zero-order valence-electron chi connectivity index (χ0n) is 10.2. The number of nitrogens with zero attached hydrogens (tertiary/aromatic N) is 3. The predicted molar refractivity (Wildman–Crippen MR) is 76.2 cm³/mol. The Hall–Kier alpha value is -1.40. The second-order valence-corrected chi connectivity index (χ2v) is 5.25. The zero-order valence-corrected chi connectivity index (χ0v) is 12.6. The third kappa shape index (κ3) is 3.54. The van der Waals surface area contributed by atoms with Crippen LogP contribution in [0.2, 0.25) is 5.02 Å². The van der Waals surface area contributed by atoms with E-state index >= 15 is 0 Å². The van der Waals surface area contributed by atoms with Gasteiger partial charge in [0, 0.05) is 30.0 Å². The molecule has 1 aromatic carbocycles. The van der Waals surface area contributed by atoms with E-state index in [1.807, 2.05) is 11.6 Å². The van der Waals surface area contributed by atoms with Gasteiger partial charge in [-0.2, -0.15) is 0 Å². The maximum atomic E-state index is 11.9. The minimum atomic E-state index is -0.139. The Kier molecular flexibility index (Phi) is 4.55. The molecule has 0 fully saturated rings. The lowest BCUT2D eigenvalue weighted by molar-refractivity contribution is 0.0954. The summed E-state index contributed by atoms with van der Waals surface area (Å²) in [6, 6.07) is 5.06. The van der Waals surface area contributed by atoms with E-state index in [-0.39, 0.29) is 5.91 Å². The van der Waals surface area contributed by atoms with Crippen LogP contribution in [0.4, 0.5) is 0 Å². The minimum Gasteiger partial charge on any atom is -0.352 e. The van der Waals surface area contributed by atoms with E-state index in [0.29, 0.717) is 28.0 Å². The van der Waals surface area contributed by atoms with E-state index in [4.69, 9.17) is 11.6 Å². The smallest absolute Gasteiger partial charge is 0.251 e. The molecule has 0 saturated heterocycles. The maximum Gasteiger partial charge on any atom is 0.251 e. The first kappa shape index (κ1) is 14.0. The molecule has 0 atom stereocenters. The summed E-state index contributed by atoms with van der Waals surface area (Å²) in [5.74, 6) is 0.692. The number of carbonyl (C=O) groups is 1. The van der Waals surface area contributed by atoms with Crippen LogP contribution >= 0.6 is 27.5 Å². The highest BCUT2D eigenvalue weighted by Gasteiger charge is 2.08. The quantitative estimate of drug-likeness (QED) is 0.926. The van der Waals surface area contributed by atoms with Gasteiger partial charge >= 0.3 is 0 Å². The Morgan fingerprint density at radius 3 is 2.95 bits per heavy atom. The van der Waals surface area contributed by atoms with Gasteiger partial charge in [0.1, 0.15) is 12.2 Å². The first-order valence-corrected chi connectivity index (χ1v) is 6.81. The normalized spacial score (nSPS) is 10.5. The Morgan fingerprint density at radius 1 is 1.53 bits per heavy atom. The third-order valence-electron chi connectivity index (χ3n) is 2.62. The van der Waals surface area contributed by atoms with Crippen molar-refractivity contribution in [3.63, 3.8) is 0 Å². The molecule has 1 aromatic heterocycles. The van der Waals surface area contributed by atoms with Gasteiger partial charge in [0.25, 0.3) is 5.91 Å². The lowest BCUT2D eigenvalue weighted by atomic mass is 10.2. The number of aromatic nitrogens is 3. The summed E-state index contributed by atoms with van der Waals surface area (Å²) in [6.45, 7) is 0.506. The van der Waals surface area contributed by atoms with Gasteiger partial charge in [0.15, 0.2) is 0 Å². The molecular formula is C12H12BrClN4O. The van der Waals surface area contributed by atoms with Crippen LogP contribution in [0.1, 0.15) is 16.2 Å². The highest BCUT2D eigenvalue weighted by molar-refractivity contribution is 9.10. The molecule has 1 heterocycles. The van der Waals surface area contributed by atoms with Crippen molar-refractivity contribution >= 4 is 33.4 Å². The third-order valence-corrected chi connectivity index (χ3v) is 3.84. The monoisotopic (exact) mass is 342 g/mol. The lowest BCUT2D eigenvalue weighted by Crippen LogP contribution is -2.26. The number of amides is 1. The standard InChI is InChI=1S/C12H12BrClN4O/c1-18-7-16-17-11(18)4-5-15-12(19)8-2-3-10(14)9(13)6-8/h2-3,6-7H,4-5H2,1H3,(H,15,19). The van der Waals surface area contributed by atoms with Crippen molar-refractivity contribution < 1.29 is 4.79 Å². The molecule has 0 aliphatic rings. The van der Waals surface area contributed by atoms with Crippen LogP contribution in [0.5, 0.6) is 0 Å². The van der Waals surface area contributed by atoms with Gasteiger partial charge in [-0.25, -0.2) is 0 Å². The maximum absolute atomic E-state index is 11.9. The SMILES string of the molecule is Cn1cnnc1CCNC(=O)c1ccc(Cl)c(Br)c1. The second-order valence-electron chi connectivity index (χ2n) is 3.99. The summed E-state index contributed by atoms with van der Waals surface area (Å²) in [4.78, 5) is 11.9. The molecule has 0 radical (unpaired) electrons. The first-order valence-electron chi connectivity index (χ1n) is 5.64. The first-order chi connectivity index (χ1) is 9.08. The molecule has 19 heavy (non-hydrogen) atoms. The van der Waals surface area contributed by atoms with E-state index in [2.05, 4.69) is 31.4 Å². The molecular weight excluding hydrogens is 332 g/mol. The van der Waals surface area contributed by atoms with Gasteiger partial charge < -0.3 is 9.88 Å². The number of halogens is 2. The lowest BCUT2D eigenvalue weighted by Gasteiger charge is -2.06. The van der Waals surface area contributed by atoms with E-state index in [0.717, 1.165) is 5.82 Å². The average Bonchev–Trinajstić information content (AvgIpc) is 2.78. The number of carbonyl (C=O) groups excluding carboxylic acids is 1. The fraction of sp³-hybridized carbons (Fsp3) is 0.250. The van der Waals surface area contributed by atoms with Crippen LogP contribution in [0.15, 0.2) is 29.0 Å². The van der Waals surface area contributed by atoms with Crippen LogP contribution in [-0.2, 0) is 13.5 Å². The van der Waals surface area contributed by atoms with Crippen LogP contribution in [-0.4, -0.2) is 27.2 Å². The second kappa shape index (κ2) is 6.16. The molecule has 0 spiro atoms. The highest BCUT2D eigenvalue weighted by atomic mass is 79.9. The van der Waals surface area contributed by atoms with Gasteiger partial charge in [-0.1, -0.05) is 11.6 Å². The number of benzene rings is 1. The Morgan fingerprint density at radius 2 is 2.32 bits per heavy atom. The fourth-order valence-corrected chi connectivity index (χ4v) is 2.06. The number of hydrogen-bond donors (Lipinski definition) is 1. The van der Waals surface area contributed by atoms with Gasteiger partial charge in [-0.15, -0.1) is 10.2 Å². The Labute approximate surface area is 124 Å². The number of aryl methyl sites for hydroxylation is 1. The van der Waals surface area contributed by atoms with Gasteiger partial charge in [-0.05, 0) is 34.1 Å². The molecule has 1 N–H and O–H groups in total. The Balaban J connectivity index is 1.91. The summed E-state index contributed by atoms with van der Waals surface area (Å²) >= 11 is 9.17. The number of hydrogen-bond acceptors (Lipinski definition) is 3. The summed E-state index contributed by atoms with van der Waals surface area (Å²) in [7, 11) is 1.87. The van der Waals surface area contributed by atoms with E-state index < -0.39 is 0 Å². The minimum absolute atomic E-state index is 0.139. The van der Waals surface area contributed by atoms with Gasteiger partial charge in [0.05, 0.1) is 5.02 Å². The van der Waals surface area contributed by atoms with E-state index in [1.54, 1.807) is 24.5 Å². The molecule has 1 amide bonds. The highest BCUT2D eigenvalue weighted by Crippen LogP contribution is 2.23. The molecule has 0 saturated carbocycles. The zero-order chi connectivity index (χ0) is 13.8. The summed E-state index contributed by atoms with van der Waals surface area (Å²) in [5.41, 5.74) is 0.564. The average molecular weight is 344 g/mol. The molecule has 100 valence electrons. The molecule has 5 nitrogen and oxygen atoms in total. The van der Waals surface area contributed by atoms with Crippen LogP contribution in [0, 0.1) is 0 Å². The molecule has 0 bridgehead atoms. The summed E-state index contributed by atoms with van der Waals surface area (Å²) in [5, 5.41) is 11.1. The van der Waals surface area contributed by atoms with Crippen molar-refractivity contribution in [2.24, 2.45) is 7.05 Å². The van der Waals surface area contributed by atoms with Crippen molar-refractivity contribution in [3.8, 4) is 0 Å². The molecule has 0 unspecified atom stereocenters. The molecule has 2 aromatic rings. The van der Waals surface area contributed by atoms with Crippen LogP contribution in [0.25, 0.3) is 0 Å².